The minimum absolute atomic E-state index is 0.279. The van der Waals surface area contributed by atoms with Crippen molar-refractivity contribution in [3.63, 3.8) is 0 Å². The molecule has 6 nitrogen and oxygen atoms in total. The largest absolute Gasteiger partial charge is 0.394 e. The van der Waals surface area contributed by atoms with Gasteiger partial charge in [-0.1, -0.05) is 0 Å². The van der Waals surface area contributed by atoms with Gasteiger partial charge in [0.2, 0.25) is 5.91 Å². The zero-order valence-electron chi connectivity index (χ0n) is 8.14. The lowest BCUT2D eigenvalue weighted by Gasteiger charge is -2.19. The van der Waals surface area contributed by atoms with E-state index in [2.05, 4.69) is 5.32 Å². The highest BCUT2D eigenvalue weighted by Gasteiger charge is 2.43. The molecule has 3 N–H and O–H groups in total. The van der Waals surface area contributed by atoms with Crippen molar-refractivity contribution in [2.24, 2.45) is 0 Å². The molecule has 0 aromatic rings. The molecular formula is C8H15NO5. The molecule has 1 amide bonds. The summed E-state index contributed by atoms with van der Waals surface area (Å²) in [7, 11) is 1.41. The van der Waals surface area contributed by atoms with E-state index in [-0.39, 0.29) is 12.5 Å². The maximum atomic E-state index is 10.8. The third-order valence-corrected chi connectivity index (χ3v) is 2.13. The number of hydrogen-bond acceptors (Lipinski definition) is 5. The molecule has 1 heterocycles. The van der Waals surface area contributed by atoms with Crippen molar-refractivity contribution in [2.45, 2.75) is 31.5 Å². The summed E-state index contributed by atoms with van der Waals surface area (Å²) in [6.45, 7) is 1.03. The lowest BCUT2D eigenvalue weighted by Crippen LogP contribution is -2.47. The van der Waals surface area contributed by atoms with E-state index in [0.29, 0.717) is 0 Å². The number of aliphatic hydroxyl groups is 2. The second kappa shape index (κ2) is 4.70. The topological polar surface area (TPSA) is 88.0 Å². The van der Waals surface area contributed by atoms with Gasteiger partial charge < -0.3 is 25.0 Å². The summed E-state index contributed by atoms with van der Waals surface area (Å²) in [5.74, 6) is -0.279. The normalized spacial score (nSPS) is 37.1. The van der Waals surface area contributed by atoms with Crippen molar-refractivity contribution in [2.75, 3.05) is 13.7 Å². The molecule has 14 heavy (non-hydrogen) atoms. The molecule has 0 saturated carbocycles. The van der Waals surface area contributed by atoms with Crippen LogP contribution >= 0.6 is 0 Å². The van der Waals surface area contributed by atoms with Gasteiger partial charge in [-0.05, 0) is 0 Å². The molecule has 0 aromatic carbocycles. The van der Waals surface area contributed by atoms with Crippen molar-refractivity contribution in [1.82, 2.24) is 5.32 Å². The molecule has 0 aliphatic carbocycles. The van der Waals surface area contributed by atoms with Gasteiger partial charge >= 0.3 is 0 Å². The minimum Gasteiger partial charge on any atom is -0.394 e. The van der Waals surface area contributed by atoms with Crippen LogP contribution < -0.4 is 5.32 Å². The van der Waals surface area contributed by atoms with Crippen LogP contribution in [-0.2, 0) is 14.3 Å². The van der Waals surface area contributed by atoms with Gasteiger partial charge in [0.05, 0.1) is 6.61 Å². The smallest absolute Gasteiger partial charge is 0.217 e. The highest BCUT2D eigenvalue weighted by molar-refractivity contribution is 5.73. The van der Waals surface area contributed by atoms with Gasteiger partial charge in [0.25, 0.3) is 0 Å². The molecule has 0 spiro atoms. The number of aliphatic hydroxyl groups excluding tert-OH is 2. The van der Waals surface area contributed by atoms with E-state index < -0.39 is 24.5 Å². The molecule has 1 fully saturated rings. The number of hydrogen-bond donors (Lipinski definition) is 3. The summed E-state index contributed by atoms with van der Waals surface area (Å²) in [5.41, 5.74) is 0. The summed E-state index contributed by atoms with van der Waals surface area (Å²) in [4.78, 5) is 10.8. The second-order valence-corrected chi connectivity index (χ2v) is 3.18. The first-order valence-electron chi connectivity index (χ1n) is 4.34. The summed E-state index contributed by atoms with van der Waals surface area (Å²) in [5, 5.41) is 21.0. The number of carbonyl (C=O) groups excluding carboxylic acids is 1. The molecule has 6 heteroatoms. The number of rotatable bonds is 3. The van der Waals surface area contributed by atoms with Gasteiger partial charge in [0, 0.05) is 14.0 Å². The van der Waals surface area contributed by atoms with Crippen LogP contribution in [0.3, 0.4) is 0 Å². The summed E-state index contributed by atoms with van der Waals surface area (Å²) in [6.07, 6.45) is -2.38. The van der Waals surface area contributed by atoms with E-state index in [0.717, 1.165) is 0 Å². The molecule has 1 aliphatic heterocycles. The van der Waals surface area contributed by atoms with Gasteiger partial charge in [-0.15, -0.1) is 0 Å². The molecule has 82 valence electrons. The van der Waals surface area contributed by atoms with Crippen molar-refractivity contribution >= 4 is 5.91 Å². The lowest BCUT2D eigenvalue weighted by molar-refractivity contribution is -0.138. The van der Waals surface area contributed by atoms with E-state index in [1.54, 1.807) is 0 Å². The van der Waals surface area contributed by atoms with Crippen LogP contribution in [0.5, 0.6) is 0 Å². The highest BCUT2D eigenvalue weighted by atomic mass is 16.7. The summed E-state index contributed by atoms with van der Waals surface area (Å²) >= 11 is 0. The quantitative estimate of drug-likeness (QED) is 0.506. The Labute approximate surface area is 81.8 Å². The zero-order valence-corrected chi connectivity index (χ0v) is 8.14. The van der Waals surface area contributed by atoms with Crippen LogP contribution in [0, 0.1) is 0 Å². The first kappa shape index (κ1) is 11.4. The zero-order chi connectivity index (χ0) is 10.7. The van der Waals surface area contributed by atoms with Gasteiger partial charge in [-0.25, -0.2) is 0 Å². The van der Waals surface area contributed by atoms with Gasteiger partial charge in [0.15, 0.2) is 6.29 Å². The molecule has 0 radical (unpaired) electrons. The van der Waals surface area contributed by atoms with Crippen LogP contribution in [0.25, 0.3) is 0 Å². The van der Waals surface area contributed by atoms with E-state index in [4.69, 9.17) is 14.6 Å². The Hall–Kier alpha value is -0.690. The summed E-state index contributed by atoms with van der Waals surface area (Å²) < 4.78 is 10.1. The monoisotopic (exact) mass is 205 g/mol. The van der Waals surface area contributed by atoms with E-state index in [1.165, 1.54) is 14.0 Å². The van der Waals surface area contributed by atoms with Gasteiger partial charge in [0.1, 0.15) is 18.2 Å². The number of carbonyl (C=O) groups is 1. The van der Waals surface area contributed by atoms with Gasteiger partial charge in [-0.3, -0.25) is 4.79 Å². The summed E-state index contributed by atoms with van der Waals surface area (Å²) in [6, 6.07) is -0.630. The van der Waals surface area contributed by atoms with Crippen molar-refractivity contribution in [3.05, 3.63) is 0 Å². The first-order chi connectivity index (χ1) is 6.60. The second-order valence-electron chi connectivity index (χ2n) is 3.18. The molecule has 1 saturated heterocycles. The molecule has 1 rings (SSSR count). The minimum atomic E-state index is -0.950. The molecule has 4 unspecified atom stereocenters. The number of ether oxygens (including phenoxy) is 2. The maximum absolute atomic E-state index is 10.8. The van der Waals surface area contributed by atoms with E-state index in [9.17, 15) is 9.90 Å². The predicted molar refractivity (Wildman–Crippen MR) is 46.4 cm³/mol. The fraction of sp³-hybridized carbons (Fsp3) is 0.875. The Balaban J connectivity index is 2.64. The Morgan fingerprint density at radius 2 is 2.29 bits per heavy atom. The maximum Gasteiger partial charge on any atom is 0.217 e. The third kappa shape index (κ3) is 2.21. The van der Waals surface area contributed by atoms with Crippen LogP contribution in [0.4, 0.5) is 0 Å². The molecule has 0 bridgehead atoms. The SMILES string of the molecule is COC1OC(CO)C(O)C1NC(C)=O. The van der Waals surface area contributed by atoms with Crippen LogP contribution in [0.2, 0.25) is 0 Å². The van der Waals surface area contributed by atoms with Crippen LogP contribution in [0.1, 0.15) is 6.92 Å². The predicted octanol–water partition coefficient (Wildman–Crippen LogP) is -1.78. The molecule has 4 atom stereocenters. The Kier molecular flexibility index (Phi) is 3.82. The number of amides is 1. The van der Waals surface area contributed by atoms with Crippen molar-refractivity contribution in [3.8, 4) is 0 Å². The fourth-order valence-corrected chi connectivity index (χ4v) is 1.47. The molecular weight excluding hydrogens is 190 g/mol. The Morgan fingerprint density at radius 1 is 1.64 bits per heavy atom. The van der Waals surface area contributed by atoms with E-state index >= 15 is 0 Å². The lowest BCUT2D eigenvalue weighted by atomic mass is 10.1. The standard InChI is InChI=1S/C8H15NO5/c1-4(11)9-6-7(12)5(3-10)14-8(6)13-2/h5-8,10,12H,3H2,1-2H3,(H,9,11). The van der Waals surface area contributed by atoms with E-state index in [1.807, 2.05) is 0 Å². The molecule has 0 aromatic heterocycles. The van der Waals surface area contributed by atoms with Crippen LogP contribution in [-0.4, -0.2) is 54.4 Å². The third-order valence-electron chi connectivity index (χ3n) is 2.13. The van der Waals surface area contributed by atoms with Crippen LogP contribution in [0.15, 0.2) is 0 Å². The van der Waals surface area contributed by atoms with Crippen molar-refractivity contribution in [1.29, 1.82) is 0 Å². The first-order valence-corrected chi connectivity index (χ1v) is 4.34. The fourth-order valence-electron chi connectivity index (χ4n) is 1.47. The Morgan fingerprint density at radius 3 is 2.71 bits per heavy atom. The molecule has 1 aliphatic rings. The number of nitrogens with one attached hydrogen (secondary N) is 1. The highest BCUT2D eigenvalue weighted by Crippen LogP contribution is 2.21. The average molecular weight is 205 g/mol. The van der Waals surface area contributed by atoms with Gasteiger partial charge in [-0.2, -0.15) is 0 Å². The average Bonchev–Trinajstić information content (AvgIpc) is 2.43. The number of methoxy groups -OCH3 is 1. The van der Waals surface area contributed by atoms with Crippen molar-refractivity contribution < 1.29 is 24.5 Å². The Bertz CT molecular complexity index is 208.